The summed E-state index contributed by atoms with van der Waals surface area (Å²) in [7, 11) is 0. The summed E-state index contributed by atoms with van der Waals surface area (Å²) < 4.78 is 7.64. The zero-order valence-corrected chi connectivity index (χ0v) is 16.1. The molecule has 2 aliphatic heterocycles. The predicted octanol–water partition coefficient (Wildman–Crippen LogP) is 1.20. The van der Waals surface area contributed by atoms with Gasteiger partial charge >= 0.3 is 0 Å². The van der Waals surface area contributed by atoms with Crippen LogP contribution in [0.1, 0.15) is 44.6 Å². The van der Waals surface area contributed by atoms with E-state index in [9.17, 15) is 4.79 Å². The number of rotatable bonds is 6. The molecule has 0 N–H and O–H groups in total. The van der Waals surface area contributed by atoms with E-state index in [-0.39, 0.29) is 5.91 Å². The highest BCUT2D eigenvalue weighted by Crippen LogP contribution is 2.31. The van der Waals surface area contributed by atoms with E-state index in [2.05, 4.69) is 20.4 Å². The minimum Gasteiger partial charge on any atom is -0.377 e. The van der Waals surface area contributed by atoms with Gasteiger partial charge in [0.05, 0.1) is 17.9 Å². The third-order valence-electron chi connectivity index (χ3n) is 5.67. The average Bonchev–Trinajstić information content (AvgIpc) is 3.41. The zero-order chi connectivity index (χ0) is 17.8. The number of hydrogen-bond donors (Lipinski definition) is 0. The summed E-state index contributed by atoms with van der Waals surface area (Å²) in [5, 5.41) is 12.9. The first-order valence-corrected chi connectivity index (χ1v) is 10.8. The van der Waals surface area contributed by atoms with Crippen molar-refractivity contribution in [2.24, 2.45) is 0 Å². The van der Waals surface area contributed by atoms with Gasteiger partial charge in [0, 0.05) is 39.3 Å². The summed E-state index contributed by atoms with van der Waals surface area (Å²) in [6.07, 6.45) is 7.50. The number of carbonyl (C=O) groups is 1. The molecular weight excluding hydrogens is 352 g/mol. The highest BCUT2D eigenvalue weighted by Gasteiger charge is 2.26. The standard InChI is InChI=1S/C17H28N6O2S/c24-16(13-26-17-18-19-20-23(17)14-4-1-2-5-14)22-9-7-21(8-10-22)12-15-6-3-11-25-15/h14-15H,1-13H2. The number of amides is 1. The summed E-state index contributed by atoms with van der Waals surface area (Å²) in [6.45, 7) is 5.40. The van der Waals surface area contributed by atoms with Gasteiger partial charge in [-0.25, -0.2) is 4.68 Å². The van der Waals surface area contributed by atoms with Crippen molar-refractivity contribution in [1.29, 1.82) is 0 Å². The van der Waals surface area contributed by atoms with E-state index in [0.29, 0.717) is 17.9 Å². The Balaban J connectivity index is 1.21. The molecule has 9 heteroatoms. The van der Waals surface area contributed by atoms with Gasteiger partial charge in [0.25, 0.3) is 0 Å². The van der Waals surface area contributed by atoms with Crippen molar-refractivity contribution >= 4 is 17.7 Å². The first-order valence-electron chi connectivity index (χ1n) is 9.82. The van der Waals surface area contributed by atoms with E-state index in [1.807, 2.05) is 9.58 Å². The molecule has 3 aliphatic rings. The monoisotopic (exact) mass is 380 g/mol. The van der Waals surface area contributed by atoms with Gasteiger partial charge in [-0.3, -0.25) is 9.69 Å². The van der Waals surface area contributed by atoms with Crippen LogP contribution >= 0.6 is 11.8 Å². The molecule has 1 amide bonds. The summed E-state index contributed by atoms with van der Waals surface area (Å²) in [5.41, 5.74) is 0. The van der Waals surface area contributed by atoms with E-state index >= 15 is 0 Å². The molecule has 1 aromatic rings. The maximum atomic E-state index is 12.6. The lowest BCUT2D eigenvalue weighted by atomic mass is 10.2. The van der Waals surface area contributed by atoms with Gasteiger partial charge in [0.2, 0.25) is 11.1 Å². The van der Waals surface area contributed by atoms with Gasteiger partial charge in [-0.05, 0) is 36.1 Å². The number of piperazine rings is 1. The van der Waals surface area contributed by atoms with Crippen LogP contribution in [0.5, 0.6) is 0 Å². The van der Waals surface area contributed by atoms with Gasteiger partial charge in [-0.15, -0.1) is 5.10 Å². The molecule has 0 bridgehead atoms. The summed E-state index contributed by atoms with van der Waals surface area (Å²) in [4.78, 5) is 17.0. The fraction of sp³-hybridized carbons (Fsp3) is 0.882. The SMILES string of the molecule is O=C(CSc1nnnn1C1CCCC1)N1CCN(CC2CCCO2)CC1. The molecule has 4 rings (SSSR count). The van der Waals surface area contributed by atoms with E-state index in [4.69, 9.17) is 4.74 Å². The van der Waals surface area contributed by atoms with Gasteiger partial charge in [-0.2, -0.15) is 0 Å². The lowest BCUT2D eigenvalue weighted by molar-refractivity contribution is -0.130. The maximum Gasteiger partial charge on any atom is 0.233 e. The molecule has 1 aromatic heterocycles. The van der Waals surface area contributed by atoms with E-state index in [0.717, 1.165) is 57.3 Å². The fourth-order valence-corrected chi connectivity index (χ4v) is 4.98. The topological polar surface area (TPSA) is 76.4 Å². The van der Waals surface area contributed by atoms with Gasteiger partial charge in [0.1, 0.15) is 0 Å². The molecule has 3 heterocycles. The van der Waals surface area contributed by atoms with Crippen LogP contribution in [-0.2, 0) is 9.53 Å². The molecule has 1 unspecified atom stereocenters. The number of thioether (sulfide) groups is 1. The molecule has 144 valence electrons. The fourth-order valence-electron chi connectivity index (χ4n) is 4.13. The van der Waals surface area contributed by atoms with Crippen LogP contribution in [0.2, 0.25) is 0 Å². The van der Waals surface area contributed by atoms with Crippen molar-refractivity contribution in [1.82, 2.24) is 30.0 Å². The van der Waals surface area contributed by atoms with Crippen molar-refractivity contribution in [3.05, 3.63) is 0 Å². The summed E-state index contributed by atoms with van der Waals surface area (Å²) in [6, 6.07) is 0.406. The van der Waals surface area contributed by atoms with E-state index < -0.39 is 0 Å². The van der Waals surface area contributed by atoms with Gasteiger partial charge in [-0.1, -0.05) is 24.6 Å². The maximum absolute atomic E-state index is 12.6. The molecule has 3 fully saturated rings. The summed E-state index contributed by atoms with van der Waals surface area (Å²) >= 11 is 1.47. The van der Waals surface area contributed by atoms with E-state index in [1.54, 1.807) is 0 Å². The largest absolute Gasteiger partial charge is 0.377 e. The Morgan fingerprint density at radius 2 is 1.92 bits per heavy atom. The minimum atomic E-state index is 0.188. The van der Waals surface area contributed by atoms with Gasteiger partial charge in [0.15, 0.2) is 0 Å². The Kier molecular flexibility index (Phi) is 6.06. The van der Waals surface area contributed by atoms with E-state index in [1.165, 1.54) is 37.4 Å². The Labute approximate surface area is 158 Å². The van der Waals surface area contributed by atoms with Crippen LogP contribution in [0.15, 0.2) is 5.16 Å². The second-order valence-corrected chi connectivity index (χ2v) is 8.39. The lowest BCUT2D eigenvalue weighted by Gasteiger charge is -2.35. The molecular formula is C17H28N6O2S. The first-order chi connectivity index (χ1) is 12.8. The van der Waals surface area contributed by atoms with Crippen LogP contribution in [0, 0.1) is 0 Å². The molecule has 2 saturated heterocycles. The Morgan fingerprint density at radius 3 is 2.65 bits per heavy atom. The number of ether oxygens (including phenoxy) is 1. The number of nitrogens with zero attached hydrogens (tertiary/aromatic N) is 6. The minimum absolute atomic E-state index is 0.188. The van der Waals surface area contributed by atoms with Crippen molar-refractivity contribution < 1.29 is 9.53 Å². The molecule has 0 aromatic carbocycles. The number of aromatic nitrogens is 4. The van der Waals surface area contributed by atoms with Crippen LogP contribution < -0.4 is 0 Å². The molecule has 0 radical (unpaired) electrons. The molecule has 1 saturated carbocycles. The highest BCUT2D eigenvalue weighted by molar-refractivity contribution is 7.99. The Hall–Kier alpha value is -1.19. The molecule has 0 spiro atoms. The average molecular weight is 381 g/mol. The van der Waals surface area contributed by atoms with Crippen molar-refractivity contribution in [3.63, 3.8) is 0 Å². The highest BCUT2D eigenvalue weighted by atomic mass is 32.2. The predicted molar refractivity (Wildman–Crippen MR) is 98.0 cm³/mol. The van der Waals surface area contributed by atoms with Crippen molar-refractivity contribution in [3.8, 4) is 0 Å². The Bertz CT molecular complexity index is 592. The van der Waals surface area contributed by atoms with Gasteiger partial charge < -0.3 is 9.64 Å². The number of hydrogen-bond acceptors (Lipinski definition) is 7. The normalized spacial score (nSPS) is 25.2. The third kappa shape index (κ3) is 4.37. The van der Waals surface area contributed by atoms with Crippen molar-refractivity contribution in [2.45, 2.75) is 55.8 Å². The smallest absolute Gasteiger partial charge is 0.233 e. The number of carbonyl (C=O) groups excluding carboxylic acids is 1. The van der Waals surface area contributed by atoms with Crippen LogP contribution in [-0.4, -0.2) is 87.1 Å². The third-order valence-corrected chi connectivity index (χ3v) is 6.59. The first kappa shape index (κ1) is 18.2. The quantitative estimate of drug-likeness (QED) is 0.687. The lowest BCUT2D eigenvalue weighted by Crippen LogP contribution is -2.50. The molecule has 8 nitrogen and oxygen atoms in total. The van der Waals surface area contributed by atoms with Crippen LogP contribution in [0.3, 0.4) is 0 Å². The second kappa shape index (κ2) is 8.67. The molecule has 26 heavy (non-hydrogen) atoms. The number of tetrazole rings is 1. The molecule has 1 aliphatic carbocycles. The van der Waals surface area contributed by atoms with Crippen LogP contribution in [0.4, 0.5) is 0 Å². The Morgan fingerprint density at radius 1 is 1.12 bits per heavy atom. The second-order valence-electron chi connectivity index (χ2n) is 7.45. The summed E-state index contributed by atoms with van der Waals surface area (Å²) in [5.74, 6) is 0.603. The van der Waals surface area contributed by atoms with Crippen molar-refractivity contribution in [2.75, 3.05) is 45.1 Å². The zero-order valence-electron chi connectivity index (χ0n) is 15.3. The van der Waals surface area contributed by atoms with Crippen LogP contribution in [0.25, 0.3) is 0 Å². The molecule has 1 atom stereocenters.